The van der Waals surface area contributed by atoms with E-state index in [4.69, 9.17) is 0 Å². The zero-order chi connectivity index (χ0) is 8.97. The van der Waals surface area contributed by atoms with Gasteiger partial charge in [-0.15, -0.1) is 0 Å². The van der Waals surface area contributed by atoms with E-state index in [0.29, 0.717) is 4.90 Å². The third-order valence-electron chi connectivity index (χ3n) is 1.42. The first-order valence-electron chi connectivity index (χ1n) is 3.39. The summed E-state index contributed by atoms with van der Waals surface area (Å²) in [5, 5.41) is 0.812. The van der Waals surface area contributed by atoms with Gasteiger partial charge in [0, 0.05) is 5.33 Å². The molecule has 0 bridgehead atoms. The molecule has 0 N–H and O–H groups in total. The molecule has 0 saturated heterocycles. The highest BCUT2D eigenvalue weighted by Gasteiger charge is 2.00. The highest BCUT2D eigenvalue weighted by molar-refractivity contribution is 9.08. The van der Waals surface area contributed by atoms with Gasteiger partial charge in [-0.1, -0.05) is 28.1 Å². The van der Waals surface area contributed by atoms with Crippen molar-refractivity contribution in [2.45, 2.75) is 10.2 Å². The van der Waals surface area contributed by atoms with Crippen molar-refractivity contribution in [3.05, 3.63) is 29.8 Å². The first-order chi connectivity index (χ1) is 5.77. The molecule has 0 fully saturated rings. The van der Waals surface area contributed by atoms with Crippen LogP contribution in [0.4, 0.5) is 0 Å². The number of hydrogen-bond donors (Lipinski definition) is 0. The number of alkyl halides is 1. The molecule has 0 aliphatic rings. The van der Waals surface area contributed by atoms with Gasteiger partial charge in [0.2, 0.25) is 0 Å². The lowest BCUT2D eigenvalue weighted by Crippen LogP contribution is -1.92. The van der Waals surface area contributed by atoms with E-state index in [1.54, 1.807) is 12.1 Å². The molecule has 0 spiro atoms. The quantitative estimate of drug-likeness (QED) is 0.768. The lowest BCUT2D eigenvalue weighted by Gasteiger charge is -1.99. The Kier molecular flexibility index (Phi) is 3.91. The van der Waals surface area contributed by atoms with E-state index in [1.165, 1.54) is 7.11 Å². The van der Waals surface area contributed by atoms with Crippen molar-refractivity contribution >= 4 is 27.0 Å². The van der Waals surface area contributed by atoms with E-state index in [2.05, 4.69) is 20.1 Å². The Bertz CT molecular complexity index is 271. The number of halogens is 1. The summed E-state index contributed by atoms with van der Waals surface area (Å²) in [6, 6.07) is 7.44. The summed E-state index contributed by atoms with van der Waals surface area (Å²) in [7, 11) is 1.43. The zero-order valence-corrected chi connectivity index (χ0v) is 9.02. The average molecular weight is 249 g/mol. The average Bonchev–Trinajstić information content (AvgIpc) is 2.17. The minimum absolute atomic E-state index is 0.696. The first kappa shape index (κ1) is 9.89. The molecule has 2 nitrogen and oxygen atoms in total. The largest absolute Gasteiger partial charge is 0.290 e. The summed E-state index contributed by atoms with van der Waals surface area (Å²) in [6.07, 6.45) is 0. The van der Waals surface area contributed by atoms with Gasteiger partial charge in [0.25, 0.3) is 0 Å². The van der Waals surface area contributed by atoms with Gasteiger partial charge >= 0.3 is 0 Å². The maximum atomic E-state index is 11.1. The maximum absolute atomic E-state index is 11.1. The topological polar surface area (TPSA) is 26.3 Å². The molecule has 0 radical (unpaired) electrons. The summed E-state index contributed by atoms with van der Waals surface area (Å²) in [4.78, 5) is 0.696. The van der Waals surface area contributed by atoms with E-state index in [1.807, 2.05) is 12.1 Å². The predicted octanol–water partition coefficient (Wildman–Crippen LogP) is 2.25. The molecule has 1 atom stereocenters. The van der Waals surface area contributed by atoms with Crippen molar-refractivity contribution in [2.75, 3.05) is 7.11 Å². The fourth-order valence-electron chi connectivity index (χ4n) is 0.786. The first-order valence-corrected chi connectivity index (χ1v) is 5.58. The molecule has 0 aliphatic heterocycles. The fraction of sp³-hybridized carbons (Fsp3) is 0.250. The van der Waals surface area contributed by atoms with Crippen LogP contribution in [0.1, 0.15) is 5.56 Å². The Balaban J connectivity index is 2.84. The Morgan fingerprint density at radius 3 is 2.42 bits per heavy atom. The Morgan fingerprint density at radius 1 is 1.42 bits per heavy atom. The molecule has 1 unspecified atom stereocenters. The van der Waals surface area contributed by atoms with Crippen LogP contribution in [0, 0.1) is 0 Å². The Morgan fingerprint density at radius 2 is 2.00 bits per heavy atom. The highest BCUT2D eigenvalue weighted by Crippen LogP contribution is 2.11. The van der Waals surface area contributed by atoms with E-state index in [9.17, 15) is 4.21 Å². The van der Waals surface area contributed by atoms with E-state index in [-0.39, 0.29) is 0 Å². The van der Waals surface area contributed by atoms with Gasteiger partial charge in [0.15, 0.2) is 11.1 Å². The van der Waals surface area contributed by atoms with Crippen LogP contribution in [-0.4, -0.2) is 11.3 Å². The van der Waals surface area contributed by atoms with Gasteiger partial charge in [-0.3, -0.25) is 4.18 Å². The molecule has 1 aromatic carbocycles. The van der Waals surface area contributed by atoms with Crippen molar-refractivity contribution in [1.29, 1.82) is 0 Å². The SMILES string of the molecule is COS(=O)c1ccc(CBr)cc1. The predicted molar refractivity (Wildman–Crippen MR) is 52.5 cm³/mol. The van der Waals surface area contributed by atoms with Crippen LogP contribution in [-0.2, 0) is 20.6 Å². The van der Waals surface area contributed by atoms with Crippen LogP contribution in [0.2, 0.25) is 0 Å². The molecule has 0 heterocycles. The van der Waals surface area contributed by atoms with Crippen molar-refractivity contribution < 1.29 is 8.39 Å². The van der Waals surface area contributed by atoms with Crippen LogP contribution >= 0.6 is 15.9 Å². The van der Waals surface area contributed by atoms with Crippen molar-refractivity contribution in [2.24, 2.45) is 0 Å². The summed E-state index contributed by atoms with van der Waals surface area (Å²) < 4.78 is 15.8. The molecular weight excluding hydrogens is 240 g/mol. The summed E-state index contributed by atoms with van der Waals surface area (Å²) >= 11 is 2.01. The maximum Gasteiger partial charge on any atom is 0.188 e. The second-order valence-electron chi connectivity index (χ2n) is 2.18. The monoisotopic (exact) mass is 248 g/mol. The van der Waals surface area contributed by atoms with Crippen LogP contribution in [0.3, 0.4) is 0 Å². The number of hydrogen-bond acceptors (Lipinski definition) is 2. The third-order valence-corrected chi connectivity index (χ3v) is 3.03. The molecule has 12 heavy (non-hydrogen) atoms. The molecule has 0 saturated carbocycles. The molecule has 1 aromatic rings. The molecule has 4 heteroatoms. The van der Waals surface area contributed by atoms with Crippen LogP contribution in [0.5, 0.6) is 0 Å². The minimum atomic E-state index is -1.32. The summed E-state index contributed by atoms with van der Waals surface area (Å²) in [5.41, 5.74) is 1.16. The molecule has 0 aromatic heterocycles. The lowest BCUT2D eigenvalue weighted by molar-refractivity contribution is 0.445. The van der Waals surface area contributed by atoms with Crippen molar-refractivity contribution in [3.63, 3.8) is 0 Å². The highest BCUT2D eigenvalue weighted by atomic mass is 79.9. The fourth-order valence-corrected chi connectivity index (χ4v) is 1.71. The van der Waals surface area contributed by atoms with Crippen LogP contribution in [0.15, 0.2) is 29.2 Å². The van der Waals surface area contributed by atoms with Gasteiger partial charge < -0.3 is 0 Å². The number of benzene rings is 1. The van der Waals surface area contributed by atoms with Gasteiger partial charge in [0.1, 0.15) is 0 Å². The van der Waals surface area contributed by atoms with Crippen molar-refractivity contribution in [3.8, 4) is 0 Å². The zero-order valence-electron chi connectivity index (χ0n) is 6.62. The summed E-state index contributed by atoms with van der Waals surface area (Å²) in [6.45, 7) is 0. The molecule has 1 rings (SSSR count). The van der Waals surface area contributed by atoms with Gasteiger partial charge in [0.05, 0.1) is 12.0 Å². The number of rotatable bonds is 3. The molecule has 0 aliphatic carbocycles. The summed E-state index contributed by atoms with van der Waals surface area (Å²) in [5.74, 6) is 0. The second kappa shape index (κ2) is 4.74. The molecular formula is C8H9BrO2S. The van der Waals surface area contributed by atoms with Gasteiger partial charge in [-0.25, -0.2) is 4.21 Å². The van der Waals surface area contributed by atoms with E-state index in [0.717, 1.165) is 10.9 Å². The minimum Gasteiger partial charge on any atom is -0.290 e. The van der Waals surface area contributed by atoms with E-state index >= 15 is 0 Å². The van der Waals surface area contributed by atoms with E-state index < -0.39 is 11.1 Å². The van der Waals surface area contributed by atoms with Crippen molar-refractivity contribution in [1.82, 2.24) is 0 Å². The smallest absolute Gasteiger partial charge is 0.188 e. The standard InChI is InChI=1S/C8H9BrO2S/c1-11-12(10)8-4-2-7(6-9)3-5-8/h2-5H,6H2,1H3. The van der Waals surface area contributed by atoms with Crippen LogP contribution in [0.25, 0.3) is 0 Å². The van der Waals surface area contributed by atoms with Gasteiger partial charge in [-0.2, -0.15) is 0 Å². The van der Waals surface area contributed by atoms with Crippen LogP contribution < -0.4 is 0 Å². The Labute approximate surface area is 82.7 Å². The normalized spacial score (nSPS) is 12.8. The Hall–Kier alpha value is -0.190. The second-order valence-corrected chi connectivity index (χ2v) is 4.01. The molecule has 66 valence electrons. The third kappa shape index (κ3) is 2.40. The molecule has 0 amide bonds. The van der Waals surface area contributed by atoms with Gasteiger partial charge in [-0.05, 0) is 17.7 Å². The lowest BCUT2D eigenvalue weighted by atomic mass is 10.2.